The third kappa shape index (κ3) is 3.35. The monoisotopic (exact) mass is 269 g/mol. The second-order valence-corrected chi connectivity index (χ2v) is 4.41. The van der Waals surface area contributed by atoms with Crippen molar-refractivity contribution in [3.8, 4) is 0 Å². The molecular formula is C13H14F3N3. The highest BCUT2D eigenvalue weighted by molar-refractivity contribution is 5.27. The van der Waals surface area contributed by atoms with E-state index in [0.29, 0.717) is 12.0 Å². The van der Waals surface area contributed by atoms with Crippen LogP contribution < -0.4 is 5.73 Å². The number of aryl methyl sites for hydroxylation is 1. The fourth-order valence-electron chi connectivity index (χ4n) is 1.83. The summed E-state index contributed by atoms with van der Waals surface area (Å²) in [5.74, 6) is 0. The number of alkyl halides is 3. The van der Waals surface area contributed by atoms with E-state index in [-0.39, 0.29) is 6.04 Å². The Hall–Kier alpha value is -1.82. The van der Waals surface area contributed by atoms with Crippen molar-refractivity contribution in [2.45, 2.75) is 18.6 Å². The molecule has 1 heterocycles. The Morgan fingerprint density at radius 2 is 1.84 bits per heavy atom. The van der Waals surface area contributed by atoms with Gasteiger partial charge in [-0.2, -0.15) is 18.3 Å². The second-order valence-electron chi connectivity index (χ2n) is 4.41. The number of hydrogen-bond acceptors (Lipinski definition) is 2. The minimum absolute atomic E-state index is 0.364. The van der Waals surface area contributed by atoms with Gasteiger partial charge < -0.3 is 5.73 Å². The summed E-state index contributed by atoms with van der Waals surface area (Å²) in [6.07, 6.45) is -2.02. The summed E-state index contributed by atoms with van der Waals surface area (Å²) in [6.45, 7) is 0. The van der Waals surface area contributed by atoms with Crippen LogP contribution >= 0.6 is 0 Å². The molecule has 0 fully saturated rings. The molecule has 1 unspecified atom stereocenters. The number of halogens is 3. The Bertz CT molecular complexity index is 543. The fourth-order valence-corrected chi connectivity index (χ4v) is 1.83. The van der Waals surface area contributed by atoms with Gasteiger partial charge in [0.25, 0.3) is 0 Å². The third-order valence-corrected chi connectivity index (χ3v) is 2.86. The maximum atomic E-state index is 12.4. The molecule has 0 aliphatic carbocycles. The predicted molar refractivity (Wildman–Crippen MR) is 65.3 cm³/mol. The Labute approximate surface area is 108 Å². The van der Waals surface area contributed by atoms with E-state index >= 15 is 0 Å². The van der Waals surface area contributed by atoms with Crippen LogP contribution in [0.25, 0.3) is 0 Å². The molecule has 0 amide bonds. The zero-order chi connectivity index (χ0) is 14.0. The van der Waals surface area contributed by atoms with Crippen LogP contribution in [0.3, 0.4) is 0 Å². The first-order valence-corrected chi connectivity index (χ1v) is 5.77. The van der Waals surface area contributed by atoms with Gasteiger partial charge in [0.2, 0.25) is 0 Å². The van der Waals surface area contributed by atoms with Crippen molar-refractivity contribution < 1.29 is 13.2 Å². The van der Waals surface area contributed by atoms with Crippen LogP contribution in [-0.4, -0.2) is 9.78 Å². The van der Waals surface area contributed by atoms with Gasteiger partial charge in [-0.05, 0) is 23.8 Å². The van der Waals surface area contributed by atoms with Gasteiger partial charge in [0.15, 0.2) is 0 Å². The summed E-state index contributed by atoms with van der Waals surface area (Å²) < 4.78 is 38.9. The van der Waals surface area contributed by atoms with Crippen LogP contribution in [0.15, 0.2) is 36.5 Å². The zero-order valence-corrected chi connectivity index (χ0v) is 10.4. The van der Waals surface area contributed by atoms with E-state index in [0.717, 1.165) is 17.8 Å². The van der Waals surface area contributed by atoms with E-state index in [1.165, 1.54) is 12.1 Å². The highest BCUT2D eigenvalue weighted by atomic mass is 19.4. The highest BCUT2D eigenvalue weighted by Crippen LogP contribution is 2.29. The normalized spacial score (nSPS) is 13.5. The third-order valence-electron chi connectivity index (χ3n) is 2.86. The molecule has 0 aliphatic rings. The second kappa shape index (κ2) is 5.05. The van der Waals surface area contributed by atoms with Crippen molar-refractivity contribution in [2.24, 2.45) is 12.8 Å². The van der Waals surface area contributed by atoms with Gasteiger partial charge in [0.1, 0.15) is 0 Å². The van der Waals surface area contributed by atoms with E-state index in [1.807, 2.05) is 6.07 Å². The van der Waals surface area contributed by atoms with Gasteiger partial charge in [0.05, 0.1) is 11.3 Å². The minimum Gasteiger partial charge on any atom is -0.324 e. The first-order chi connectivity index (χ1) is 8.86. The van der Waals surface area contributed by atoms with Crippen molar-refractivity contribution in [3.63, 3.8) is 0 Å². The maximum absolute atomic E-state index is 12.4. The quantitative estimate of drug-likeness (QED) is 0.931. The maximum Gasteiger partial charge on any atom is 0.416 e. The molecule has 1 aromatic carbocycles. The lowest BCUT2D eigenvalue weighted by Crippen LogP contribution is -2.14. The molecule has 0 aliphatic heterocycles. The zero-order valence-electron chi connectivity index (χ0n) is 10.4. The molecule has 0 saturated heterocycles. The molecule has 0 radical (unpaired) electrons. The number of aromatic nitrogens is 2. The lowest BCUT2D eigenvalue weighted by molar-refractivity contribution is -0.137. The average Bonchev–Trinajstić information content (AvgIpc) is 2.74. The fraction of sp³-hybridized carbons (Fsp3) is 0.308. The van der Waals surface area contributed by atoms with Crippen molar-refractivity contribution in [1.29, 1.82) is 0 Å². The summed E-state index contributed by atoms with van der Waals surface area (Å²) in [6, 6.07) is 6.40. The van der Waals surface area contributed by atoms with Crippen molar-refractivity contribution >= 4 is 0 Å². The first-order valence-electron chi connectivity index (χ1n) is 5.77. The average molecular weight is 269 g/mol. The van der Waals surface area contributed by atoms with Crippen LogP contribution in [0.4, 0.5) is 13.2 Å². The molecule has 19 heavy (non-hydrogen) atoms. The Kier molecular flexibility index (Phi) is 3.61. The highest BCUT2D eigenvalue weighted by Gasteiger charge is 2.30. The number of rotatable bonds is 3. The van der Waals surface area contributed by atoms with Gasteiger partial charge in [-0.3, -0.25) is 4.68 Å². The number of nitrogens with two attached hydrogens (primary N) is 1. The van der Waals surface area contributed by atoms with Crippen LogP contribution in [0.2, 0.25) is 0 Å². The van der Waals surface area contributed by atoms with Crippen LogP contribution in [0.5, 0.6) is 0 Å². The number of benzene rings is 1. The summed E-state index contributed by atoms with van der Waals surface area (Å²) >= 11 is 0. The molecule has 102 valence electrons. The minimum atomic E-state index is -4.32. The van der Waals surface area contributed by atoms with Gasteiger partial charge >= 0.3 is 6.18 Å². The van der Waals surface area contributed by atoms with Gasteiger partial charge in [-0.1, -0.05) is 12.1 Å². The Morgan fingerprint density at radius 1 is 1.21 bits per heavy atom. The topological polar surface area (TPSA) is 43.8 Å². The number of nitrogens with zero attached hydrogens (tertiary/aromatic N) is 2. The molecule has 1 aromatic heterocycles. The number of hydrogen-bond donors (Lipinski definition) is 1. The summed E-state index contributed by atoms with van der Waals surface area (Å²) in [4.78, 5) is 0. The summed E-state index contributed by atoms with van der Waals surface area (Å²) in [7, 11) is 1.80. The molecule has 2 rings (SSSR count). The van der Waals surface area contributed by atoms with E-state index in [2.05, 4.69) is 5.10 Å². The Morgan fingerprint density at radius 3 is 2.32 bits per heavy atom. The van der Waals surface area contributed by atoms with E-state index in [1.54, 1.807) is 17.9 Å². The van der Waals surface area contributed by atoms with Gasteiger partial charge in [-0.15, -0.1) is 0 Å². The van der Waals surface area contributed by atoms with E-state index < -0.39 is 11.7 Å². The molecule has 3 nitrogen and oxygen atoms in total. The van der Waals surface area contributed by atoms with Crippen molar-refractivity contribution in [2.75, 3.05) is 0 Å². The van der Waals surface area contributed by atoms with Crippen LogP contribution in [0.1, 0.15) is 22.9 Å². The summed E-state index contributed by atoms with van der Waals surface area (Å²) in [5, 5.41) is 4.19. The molecule has 2 aromatic rings. The van der Waals surface area contributed by atoms with E-state index in [9.17, 15) is 13.2 Å². The molecule has 2 N–H and O–H groups in total. The van der Waals surface area contributed by atoms with Crippen molar-refractivity contribution in [3.05, 3.63) is 53.3 Å². The largest absolute Gasteiger partial charge is 0.416 e. The lowest BCUT2D eigenvalue weighted by Gasteiger charge is -2.12. The van der Waals surface area contributed by atoms with Crippen molar-refractivity contribution in [1.82, 2.24) is 9.78 Å². The lowest BCUT2D eigenvalue weighted by atomic mass is 10.0. The molecule has 1 atom stereocenters. The smallest absolute Gasteiger partial charge is 0.324 e. The molecular weight excluding hydrogens is 255 g/mol. The van der Waals surface area contributed by atoms with Gasteiger partial charge in [-0.25, -0.2) is 0 Å². The van der Waals surface area contributed by atoms with Crippen LogP contribution in [-0.2, 0) is 19.6 Å². The predicted octanol–water partition coefficient (Wildman–Crippen LogP) is 2.68. The Balaban J connectivity index is 2.09. The molecule has 0 saturated carbocycles. The molecule has 0 bridgehead atoms. The standard InChI is InChI=1S/C13H14F3N3/c1-19-7-6-11(18-19)8-12(17)9-2-4-10(5-3-9)13(14,15)16/h2-7,12H,8,17H2,1H3. The summed E-state index contributed by atoms with van der Waals surface area (Å²) in [5.41, 5.74) is 6.78. The van der Waals surface area contributed by atoms with Gasteiger partial charge in [0, 0.05) is 25.7 Å². The first kappa shape index (κ1) is 13.6. The van der Waals surface area contributed by atoms with E-state index in [4.69, 9.17) is 5.73 Å². The molecule has 0 spiro atoms. The SMILES string of the molecule is Cn1ccc(CC(N)c2ccc(C(F)(F)F)cc2)n1. The molecule has 6 heteroatoms. The van der Waals surface area contributed by atoms with Crippen LogP contribution in [0, 0.1) is 0 Å².